The molecular formula is C13H15NO2. The van der Waals surface area contributed by atoms with Crippen LogP contribution in [0.15, 0.2) is 23.8 Å². The zero-order chi connectivity index (χ0) is 10.8. The summed E-state index contributed by atoms with van der Waals surface area (Å²) in [5, 5.41) is 0. The molecule has 4 rings (SSSR count). The Bertz CT molecular complexity index is 426. The van der Waals surface area contributed by atoms with Crippen LogP contribution in [0.1, 0.15) is 25.7 Å². The lowest BCUT2D eigenvalue weighted by Crippen LogP contribution is -2.56. The summed E-state index contributed by atoms with van der Waals surface area (Å²) in [7, 11) is 0. The molecule has 0 N–H and O–H groups in total. The molecule has 0 radical (unpaired) electrons. The van der Waals surface area contributed by atoms with E-state index in [0.29, 0.717) is 12.0 Å². The van der Waals surface area contributed by atoms with E-state index in [4.69, 9.17) is 4.74 Å². The molecule has 0 aromatic carbocycles. The number of hydrogen-bond acceptors (Lipinski definition) is 3. The van der Waals surface area contributed by atoms with Gasteiger partial charge in [-0.1, -0.05) is 12.2 Å². The molecule has 3 nitrogen and oxygen atoms in total. The molecule has 3 aliphatic heterocycles. The van der Waals surface area contributed by atoms with Crippen molar-refractivity contribution in [1.82, 2.24) is 4.90 Å². The van der Waals surface area contributed by atoms with E-state index in [1.165, 1.54) is 18.4 Å². The van der Waals surface area contributed by atoms with E-state index < -0.39 is 0 Å². The number of hydrogen-bond donors (Lipinski definition) is 0. The lowest BCUT2D eigenvalue weighted by Gasteiger charge is -2.46. The van der Waals surface area contributed by atoms with Crippen LogP contribution in [0, 0.1) is 5.92 Å². The van der Waals surface area contributed by atoms with Gasteiger partial charge >= 0.3 is 5.97 Å². The van der Waals surface area contributed by atoms with E-state index >= 15 is 0 Å². The van der Waals surface area contributed by atoms with E-state index in [-0.39, 0.29) is 11.7 Å². The van der Waals surface area contributed by atoms with Crippen LogP contribution in [0.4, 0.5) is 0 Å². The van der Waals surface area contributed by atoms with Gasteiger partial charge in [0, 0.05) is 31.0 Å². The fourth-order valence-electron chi connectivity index (χ4n) is 3.95. The van der Waals surface area contributed by atoms with Crippen LogP contribution in [-0.2, 0) is 9.53 Å². The zero-order valence-electron chi connectivity index (χ0n) is 9.19. The molecule has 3 heteroatoms. The van der Waals surface area contributed by atoms with Crippen LogP contribution in [-0.4, -0.2) is 29.2 Å². The number of carbonyl (C=O) groups excluding carboxylic acids is 1. The summed E-state index contributed by atoms with van der Waals surface area (Å²) in [4.78, 5) is 14.1. The number of carbonyl (C=O) groups is 1. The second-order valence-corrected chi connectivity index (χ2v) is 5.28. The van der Waals surface area contributed by atoms with Crippen molar-refractivity contribution < 1.29 is 9.53 Å². The Morgan fingerprint density at radius 2 is 2.38 bits per heavy atom. The Labute approximate surface area is 94.8 Å². The highest BCUT2D eigenvalue weighted by Gasteiger charge is 2.59. The van der Waals surface area contributed by atoms with Crippen LogP contribution >= 0.6 is 0 Å². The minimum atomic E-state index is -0.284. The number of esters is 1. The van der Waals surface area contributed by atoms with Crippen LogP contribution in [0.3, 0.4) is 0 Å². The Kier molecular flexibility index (Phi) is 1.56. The maximum Gasteiger partial charge on any atom is 0.332 e. The van der Waals surface area contributed by atoms with Crippen molar-refractivity contribution >= 4 is 5.97 Å². The molecule has 1 spiro atoms. The topological polar surface area (TPSA) is 29.5 Å². The molecule has 84 valence electrons. The smallest absolute Gasteiger partial charge is 0.332 e. The van der Waals surface area contributed by atoms with Crippen molar-refractivity contribution in [3.63, 3.8) is 0 Å². The third kappa shape index (κ3) is 0.908. The molecule has 16 heavy (non-hydrogen) atoms. The summed E-state index contributed by atoms with van der Waals surface area (Å²) in [6.45, 7) is 1.08. The number of piperidine rings is 1. The minimum Gasteiger partial charge on any atom is -0.440 e. The number of rotatable bonds is 0. The molecule has 3 heterocycles. The van der Waals surface area contributed by atoms with Crippen molar-refractivity contribution in [2.75, 3.05) is 6.54 Å². The molecule has 2 fully saturated rings. The fraction of sp³-hybridized carbons (Fsp3) is 0.615. The molecule has 0 saturated carbocycles. The quantitative estimate of drug-likeness (QED) is 0.577. The number of nitrogens with zero attached hydrogens (tertiary/aromatic N) is 1. The molecule has 0 aromatic rings. The lowest BCUT2D eigenvalue weighted by atomic mass is 9.80. The van der Waals surface area contributed by atoms with E-state index in [2.05, 4.69) is 17.1 Å². The summed E-state index contributed by atoms with van der Waals surface area (Å²) < 4.78 is 5.75. The van der Waals surface area contributed by atoms with Gasteiger partial charge in [-0.25, -0.2) is 4.79 Å². The first-order chi connectivity index (χ1) is 7.79. The van der Waals surface area contributed by atoms with Crippen molar-refractivity contribution in [3.8, 4) is 0 Å². The highest BCUT2D eigenvalue weighted by atomic mass is 16.6. The minimum absolute atomic E-state index is 0.148. The van der Waals surface area contributed by atoms with Crippen LogP contribution in [0.25, 0.3) is 0 Å². The van der Waals surface area contributed by atoms with Gasteiger partial charge < -0.3 is 4.74 Å². The number of allylic oxidation sites excluding steroid dienone is 1. The summed E-state index contributed by atoms with van der Waals surface area (Å²) in [6.07, 6.45) is 10.6. The Morgan fingerprint density at radius 3 is 3.31 bits per heavy atom. The molecule has 2 saturated heterocycles. The molecule has 3 unspecified atom stereocenters. The summed E-state index contributed by atoms with van der Waals surface area (Å²) in [5.74, 6) is 0.283. The van der Waals surface area contributed by atoms with Crippen molar-refractivity contribution in [2.45, 2.75) is 37.5 Å². The van der Waals surface area contributed by atoms with Crippen molar-refractivity contribution in [2.24, 2.45) is 5.92 Å². The predicted molar refractivity (Wildman–Crippen MR) is 58.5 cm³/mol. The average molecular weight is 217 g/mol. The van der Waals surface area contributed by atoms with E-state index in [9.17, 15) is 4.79 Å². The maximum absolute atomic E-state index is 11.7. The first-order valence-corrected chi connectivity index (χ1v) is 6.19. The highest BCUT2D eigenvalue weighted by Crippen LogP contribution is 2.53. The third-order valence-electron chi connectivity index (χ3n) is 4.57. The van der Waals surface area contributed by atoms with Gasteiger partial charge in [-0.3, -0.25) is 4.90 Å². The molecule has 4 aliphatic rings. The van der Waals surface area contributed by atoms with Crippen LogP contribution < -0.4 is 0 Å². The standard InChI is InChI=1S/C13H15NO2/c15-12-7-9-3-4-10-8-11(9)13(16-12)5-1-2-6-14(10)13/h3-4,7,10-11H,1-2,5-6,8H2. The molecule has 0 amide bonds. The summed E-state index contributed by atoms with van der Waals surface area (Å²) in [5.41, 5.74) is 0.907. The summed E-state index contributed by atoms with van der Waals surface area (Å²) in [6, 6.07) is 0.494. The average Bonchev–Trinajstić information content (AvgIpc) is 2.58. The summed E-state index contributed by atoms with van der Waals surface area (Å²) >= 11 is 0. The molecule has 0 aromatic heterocycles. The first-order valence-electron chi connectivity index (χ1n) is 6.19. The van der Waals surface area contributed by atoms with E-state index in [0.717, 1.165) is 19.4 Å². The second-order valence-electron chi connectivity index (χ2n) is 5.28. The SMILES string of the molecule is O=C1C=C2C=CC3CC2C2(CCCCN32)O1. The zero-order valence-corrected chi connectivity index (χ0v) is 9.19. The Hall–Kier alpha value is -1.09. The Morgan fingerprint density at radius 1 is 1.44 bits per heavy atom. The normalized spacial score (nSPS) is 45.0. The second kappa shape index (κ2) is 2.77. The van der Waals surface area contributed by atoms with Gasteiger partial charge in [-0.2, -0.15) is 0 Å². The largest absolute Gasteiger partial charge is 0.440 e. The predicted octanol–water partition coefficient (Wildman–Crippen LogP) is 1.61. The monoisotopic (exact) mass is 217 g/mol. The molecular weight excluding hydrogens is 202 g/mol. The van der Waals surface area contributed by atoms with Gasteiger partial charge in [-0.15, -0.1) is 0 Å². The van der Waals surface area contributed by atoms with Gasteiger partial charge in [0.15, 0.2) is 5.72 Å². The van der Waals surface area contributed by atoms with Gasteiger partial charge in [0.2, 0.25) is 0 Å². The van der Waals surface area contributed by atoms with Crippen molar-refractivity contribution in [3.05, 3.63) is 23.8 Å². The van der Waals surface area contributed by atoms with Gasteiger partial charge in [-0.05, 0) is 24.8 Å². The molecule has 1 aliphatic carbocycles. The van der Waals surface area contributed by atoms with Gasteiger partial charge in [0.1, 0.15) is 0 Å². The molecule has 3 atom stereocenters. The van der Waals surface area contributed by atoms with Gasteiger partial charge in [0.25, 0.3) is 0 Å². The molecule has 2 bridgehead atoms. The van der Waals surface area contributed by atoms with E-state index in [1.807, 2.05) is 0 Å². The van der Waals surface area contributed by atoms with Crippen LogP contribution in [0.2, 0.25) is 0 Å². The van der Waals surface area contributed by atoms with E-state index in [1.54, 1.807) is 6.08 Å². The van der Waals surface area contributed by atoms with Crippen molar-refractivity contribution in [1.29, 1.82) is 0 Å². The van der Waals surface area contributed by atoms with Crippen LogP contribution in [0.5, 0.6) is 0 Å². The third-order valence-corrected chi connectivity index (χ3v) is 4.57. The highest BCUT2D eigenvalue weighted by molar-refractivity contribution is 5.85. The lowest BCUT2D eigenvalue weighted by molar-refractivity contribution is -0.192. The maximum atomic E-state index is 11.7. The fourth-order valence-corrected chi connectivity index (χ4v) is 3.95. The number of ether oxygens (including phenoxy) is 1. The van der Waals surface area contributed by atoms with Gasteiger partial charge in [0.05, 0.1) is 0 Å². The Balaban J connectivity index is 1.90. The number of fused-ring (bicyclic) bond motifs is 2. The first kappa shape index (κ1) is 8.99.